The average Bonchev–Trinajstić information content (AvgIpc) is 3.34. The zero-order valence-corrected chi connectivity index (χ0v) is 22.8. The van der Waals surface area contributed by atoms with Crippen molar-refractivity contribution in [1.82, 2.24) is 5.32 Å². The second-order valence-electron chi connectivity index (χ2n) is 11.4. The lowest BCUT2D eigenvalue weighted by Gasteiger charge is -2.57. The third kappa shape index (κ3) is 4.51. The Bertz CT molecular complexity index is 1470. The molecule has 4 bridgehead atoms. The minimum Gasteiger partial charge on any atom is -0.450 e. The molecule has 8 rings (SSSR count). The molecule has 5 fully saturated rings. The van der Waals surface area contributed by atoms with Crippen LogP contribution in [0.15, 0.2) is 80.6 Å². The number of barbiturate groups is 1. The van der Waals surface area contributed by atoms with Gasteiger partial charge < -0.3 is 4.42 Å². The van der Waals surface area contributed by atoms with Crippen LogP contribution in [-0.2, 0) is 15.0 Å². The van der Waals surface area contributed by atoms with Crippen molar-refractivity contribution < 1.29 is 18.8 Å². The van der Waals surface area contributed by atoms with Crippen LogP contribution < -0.4 is 10.2 Å². The van der Waals surface area contributed by atoms with Gasteiger partial charge in [-0.25, -0.2) is 9.69 Å². The summed E-state index contributed by atoms with van der Waals surface area (Å²) in [6, 6.07) is 17.9. The lowest BCUT2D eigenvalue weighted by atomic mass is 9.48. The number of hydrogen-bond donors (Lipinski definition) is 1. The van der Waals surface area contributed by atoms with Crippen LogP contribution >= 0.6 is 23.4 Å². The Hall–Kier alpha value is -3.29. The van der Waals surface area contributed by atoms with Crippen LogP contribution in [-0.4, -0.2) is 17.8 Å². The van der Waals surface area contributed by atoms with Crippen LogP contribution in [0.3, 0.4) is 0 Å². The van der Waals surface area contributed by atoms with Gasteiger partial charge in [-0.1, -0.05) is 35.5 Å². The number of hydrogen-bond acceptors (Lipinski definition) is 5. The monoisotopic (exact) mass is 558 g/mol. The minimum atomic E-state index is -0.747. The average molecular weight is 559 g/mol. The molecule has 4 amide bonds. The molecule has 6 nitrogen and oxygen atoms in total. The zero-order chi connectivity index (χ0) is 26.7. The molecule has 1 N–H and O–H groups in total. The predicted molar refractivity (Wildman–Crippen MR) is 150 cm³/mol. The van der Waals surface area contributed by atoms with E-state index in [0.29, 0.717) is 21.6 Å². The summed E-state index contributed by atoms with van der Waals surface area (Å²) in [5.74, 6) is 1.42. The lowest BCUT2D eigenvalue weighted by Crippen LogP contribution is -2.54. The molecule has 0 unspecified atom stereocenters. The summed E-state index contributed by atoms with van der Waals surface area (Å²) in [6.45, 7) is 0. The number of nitrogens with zero attached hydrogens (tertiary/aromatic N) is 1. The first kappa shape index (κ1) is 24.7. The van der Waals surface area contributed by atoms with Crippen molar-refractivity contribution in [2.75, 3.05) is 4.90 Å². The second-order valence-corrected chi connectivity index (χ2v) is 12.9. The van der Waals surface area contributed by atoms with Gasteiger partial charge in [0.25, 0.3) is 11.8 Å². The molecule has 3 aromatic rings. The normalized spacial score (nSPS) is 28.8. The van der Waals surface area contributed by atoms with E-state index < -0.39 is 17.8 Å². The molecule has 5 aliphatic rings. The Morgan fingerprint density at radius 3 is 2.15 bits per heavy atom. The van der Waals surface area contributed by atoms with Crippen LogP contribution in [0.5, 0.6) is 0 Å². The highest BCUT2D eigenvalue weighted by molar-refractivity contribution is 7.99. The number of imide groups is 2. The topological polar surface area (TPSA) is 79.6 Å². The van der Waals surface area contributed by atoms with Gasteiger partial charge in [0.15, 0.2) is 5.09 Å². The summed E-state index contributed by atoms with van der Waals surface area (Å²) >= 11 is 7.35. The van der Waals surface area contributed by atoms with Crippen molar-refractivity contribution in [3.05, 3.63) is 82.6 Å². The Morgan fingerprint density at radius 2 is 1.51 bits per heavy atom. The maximum absolute atomic E-state index is 13.4. The van der Waals surface area contributed by atoms with Crippen LogP contribution in [0.25, 0.3) is 6.08 Å². The number of amides is 4. The molecule has 1 saturated heterocycles. The largest absolute Gasteiger partial charge is 0.450 e. The van der Waals surface area contributed by atoms with E-state index in [2.05, 4.69) is 17.4 Å². The molecule has 1 aromatic heterocycles. The maximum Gasteiger partial charge on any atom is 0.335 e. The van der Waals surface area contributed by atoms with Crippen LogP contribution in [0, 0.1) is 17.8 Å². The van der Waals surface area contributed by atoms with Crippen LogP contribution in [0.2, 0.25) is 5.02 Å². The summed E-state index contributed by atoms with van der Waals surface area (Å²) in [4.78, 5) is 40.8. The van der Waals surface area contributed by atoms with Gasteiger partial charge in [0.1, 0.15) is 11.3 Å². The van der Waals surface area contributed by atoms with E-state index in [4.69, 9.17) is 16.0 Å². The third-order valence-corrected chi connectivity index (χ3v) is 9.98. The molecule has 198 valence electrons. The first-order valence-electron chi connectivity index (χ1n) is 13.4. The van der Waals surface area contributed by atoms with Crippen molar-refractivity contribution in [3.63, 3.8) is 0 Å². The molecule has 2 heterocycles. The van der Waals surface area contributed by atoms with E-state index in [1.165, 1.54) is 61.9 Å². The lowest BCUT2D eigenvalue weighted by molar-refractivity contribution is -0.122. The predicted octanol–water partition coefficient (Wildman–Crippen LogP) is 7.22. The second kappa shape index (κ2) is 9.42. The third-order valence-electron chi connectivity index (χ3n) is 8.80. The van der Waals surface area contributed by atoms with E-state index in [0.717, 1.165) is 27.5 Å². The van der Waals surface area contributed by atoms with E-state index in [1.54, 1.807) is 24.3 Å². The van der Waals surface area contributed by atoms with Gasteiger partial charge in [-0.15, -0.1) is 0 Å². The molecular formula is C31H27ClN2O4S. The summed E-state index contributed by atoms with van der Waals surface area (Å²) in [5.41, 5.74) is 1.83. The fraction of sp³-hybridized carbons (Fsp3) is 0.323. The van der Waals surface area contributed by atoms with Crippen molar-refractivity contribution in [3.8, 4) is 0 Å². The Kier molecular flexibility index (Phi) is 5.97. The number of rotatable bonds is 5. The Balaban J connectivity index is 1.12. The fourth-order valence-electron chi connectivity index (χ4n) is 7.55. The van der Waals surface area contributed by atoms with Crippen LogP contribution in [0.4, 0.5) is 10.5 Å². The number of urea groups is 1. The van der Waals surface area contributed by atoms with Gasteiger partial charge in [-0.2, -0.15) is 0 Å². The highest BCUT2D eigenvalue weighted by Gasteiger charge is 2.51. The number of nitrogens with one attached hydrogen (secondary N) is 1. The van der Waals surface area contributed by atoms with Gasteiger partial charge >= 0.3 is 6.03 Å². The van der Waals surface area contributed by atoms with E-state index in [-0.39, 0.29) is 11.0 Å². The van der Waals surface area contributed by atoms with Crippen molar-refractivity contribution in [1.29, 1.82) is 0 Å². The molecule has 1 aliphatic heterocycles. The van der Waals surface area contributed by atoms with Gasteiger partial charge in [0, 0.05) is 9.92 Å². The van der Waals surface area contributed by atoms with Crippen molar-refractivity contribution in [2.45, 2.75) is 53.9 Å². The fourth-order valence-corrected chi connectivity index (χ4v) is 8.45. The summed E-state index contributed by atoms with van der Waals surface area (Å²) in [5, 5.41) is 3.55. The number of furan rings is 1. The summed E-state index contributed by atoms with van der Waals surface area (Å²) < 4.78 is 5.84. The zero-order valence-electron chi connectivity index (χ0n) is 21.2. The Labute approximate surface area is 235 Å². The highest BCUT2D eigenvalue weighted by atomic mass is 35.5. The maximum atomic E-state index is 13.4. The molecule has 0 radical (unpaired) electrons. The molecule has 4 aliphatic carbocycles. The van der Waals surface area contributed by atoms with Crippen LogP contribution in [0.1, 0.15) is 49.8 Å². The quantitative estimate of drug-likeness (QED) is 0.264. The standard InChI is InChI=1S/C31H27ClN2O4S/c32-22-3-8-25(9-4-22)39-27-10-7-24(38-27)14-26-28(35)33-30(37)34(29(26)36)23-5-1-21(2-6-23)31-15-18-11-19(16-31)13-20(12-18)17-31/h1-10,14,18-20H,11-13,15-17H2,(H,33,35,37)/b26-14-. The highest BCUT2D eigenvalue weighted by Crippen LogP contribution is 2.60. The number of anilines is 1. The molecule has 8 heteroatoms. The van der Waals surface area contributed by atoms with Gasteiger partial charge in [-0.3, -0.25) is 14.9 Å². The first-order chi connectivity index (χ1) is 18.8. The van der Waals surface area contributed by atoms with Gasteiger partial charge in [-0.05, 0) is 122 Å². The van der Waals surface area contributed by atoms with E-state index in [1.807, 2.05) is 24.3 Å². The number of carbonyl (C=O) groups excluding carboxylic acids is 3. The van der Waals surface area contributed by atoms with E-state index >= 15 is 0 Å². The summed E-state index contributed by atoms with van der Waals surface area (Å²) in [6.07, 6.45) is 9.23. The van der Waals surface area contributed by atoms with E-state index in [9.17, 15) is 14.4 Å². The number of carbonyl (C=O) groups is 3. The first-order valence-corrected chi connectivity index (χ1v) is 14.6. The Morgan fingerprint density at radius 1 is 0.872 bits per heavy atom. The van der Waals surface area contributed by atoms with Crippen molar-refractivity contribution in [2.24, 2.45) is 17.8 Å². The summed E-state index contributed by atoms with van der Waals surface area (Å²) in [7, 11) is 0. The number of benzene rings is 2. The minimum absolute atomic E-state index is 0.155. The molecule has 0 spiro atoms. The van der Waals surface area contributed by atoms with Gasteiger partial charge in [0.05, 0.1) is 5.69 Å². The molecule has 0 atom stereocenters. The smallest absolute Gasteiger partial charge is 0.335 e. The van der Waals surface area contributed by atoms with Gasteiger partial charge in [0.2, 0.25) is 0 Å². The van der Waals surface area contributed by atoms with Crippen molar-refractivity contribution >= 4 is 53.0 Å². The molecule has 39 heavy (non-hydrogen) atoms. The molecule has 2 aromatic carbocycles. The number of halogens is 1. The SMILES string of the molecule is O=C1NC(=O)N(c2ccc(C34CC5CC(CC(C5)C3)C4)cc2)C(=O)/C1=C\c1ccc(Sc2ccc(Cl)cc2)o1. The molecule has 4 saturated carbocycles. The molecular weight excluding hydrogens is 532 g/mol.